The van der Waals surface area contributed by atoms with E-state index < -0.39 is 0 Å². The Labute approximate surface area is 166 Å². The number of aromatic nitrogens is 2. The Balaban J connectivity index is 1.48. The standard InChI is InChI=1S/C22H19F2N3O2/c23-16-6-4-14(5-7-16)12-21(28)27-9-8-19-18(13-27)22(29)26-20(25-19)11-15-2-1-3-17(24)10-15/h1-7,10H,8-9,11-13H2,(H,25,26,29). The van der Waals surface area contributed by atoms with Gasteiger partial charge in [0, 0.05) is 19.4 Å². The maximum absolute atomic E-state index is 13.4. The number of benzene rings is 2. The molecular weight excluding hydrogens is 376 g/mol. The van der Waals surface area contributed by atoms with Crippen molar-refractivity contribution in [1.29, 1.82) is 0 Å². The van der Waals surface area contributed by atoms with Crippen LogP contribution in [0.1, 0.15) is 28.2 Å². The highest BCUT2D eigenvalue weighted by atomic mass is 19.1. The normalized spacial score (nSPS) is 13.2. The molecular formula is C22H19F2N3O2. The quantitative estimate of drug-likeness (QED) is 0.739. The van der Waals surface area contributed by atoms with Crippen LogP contribution in [0.25, 0.3) is 0 Å². The molecule has 3 aromatic rings. The molecule has 0 radical (unpaired) electrons. The molecule has 7 heteroatoms. The van der Waals surface area contributed by atoms with Crippen LogP contribution in [0.4, 0.5) is 8.78 Å². The van der Waals surface area contributed by atoms with Crippen molar-refractivity contribution in [2.75, 3.05) is 6.54 Å². The maximum Gasteiger partial charge on any atom is 0.256 e. The van der Waals surface area contributed by atoms with Crippen LogP contribution in [0.2, 0.25) is 0 Å². The van der Waals surface area contributed by atoms with Crippen molar-refractivity contribution >= 4 is 5.91 Å². The van der Waals surface area contributed by atoms with Crippen molar-refractivity contribution in [3.8, 4) is 0 Å². The van der Waals surface area contributed by atoms with Crippen molar-refractivity contribution in [3.05, 3.63) is 98.7 Å². The number of hydrogen-bond acceptors (Lipinski definition) is 3. The molecule has 0 spiro atoms. The summed E-state index contributed by atoms with van der Waals surface area (Å²) in [5.74, 6) is -0.325. The zero-order chi connectivity index (χ0) is 20.4. The summed E-state index contributed by atoms with van der Waals surface area (Å²) in [6.45, 7) is 0.654. The second-order valence-corrected chi connectivity index (χ2v) is 7.11. The smallest absolute Gasteiger partial charge is 0.256 e. The molecule has 4 rings (SSSR count). The Morgan fingerprint density at radius 2 is 1.86 bits per heavy atom. The highest BCUT2D eigenvalue weighted by Gasteiger charge is 2.24. The third-order valence-electron chi connectivity index (χ3n) is 5.00. The topological polar surface area (TPSA) is 66.1 Å². The SMILES string of the molecule is O=C(Cc1ccc(F)cc1)N1CCc2nc(Cc3cccc(F)c3)[nH]c(=O)c2C1. The van der Waals surface area contributed by atoms with Gasteiger partial charge in [0.05, 0.1) is 24.2 Å². The van der Waals surface area contributed by atoms with E-state index in [-0.39, 0.29) is 36.1 Å². The lowest BCUT2D eigenvalue weighted by Gasteiger charge is -2.28. The van der Waals surface area contributed by atoms with Gasteiger partial charge in [-0.25, -0.2) is 13.8 Å². The van der Waals surface area contributed by atoms with E-state index in [0.717, 1.165) is 11.1 Å². The third kappa shape index (κ3) is 4.39. The molecule has 0 unspecified atom stereocenters. The second kappa shape index (κ2) is 7.95. The molecule has 1 amide bonds. The zero-order valence-corrected chi connectivity index (χ0v) is 15.6. The lowest BCUT2D eigenvalue weighted by Crippen LogP contribution is -2.40. The van der Waals surface area contributed by atoms with Crippen LogP contribution in [0.15, 0.2) is 53.3 Å². The minimum atomic E-state index is -0.347. The summed E-state index contributed by atoms with van der Waals surface area (Å²) in [4.78, 5) is 34.0. The molecule has 1 aliphatic rings. The van der Waals surface area contributed by atoms with Crippen LogP contribution in [0, 0.1) is 11.6 Å². The number of nitrogens with zero attached hydrogens (tertiary/aromatic N) is 2. The molecule has 0 aliphatic carbocycles. The molecule has 1 N–H and O–H groups in total. The van der Waals surface area contributed by atoms with Crippen molar-refractivity contribution in [1.82, 2.24) is 14.9 Å². The highest BCUT2D eigenvalue weighted by molar-refractivity contribution is 5.79. The van der Waals surface area contributed by atoms with Crippen LogP contribution < -0.4 is 5.56 Å². The predicted molar refractivity (Wildman–Crippen MR) is 103 cm³/mol. The molecule has 5 nitrogen and oxygen atoms in total. The van der Waals surface area contributed by atoms with Crippen molar-refractivity contribution < 1.29 is 13.6 Å². The Kier molecular flexibility index (Phi) is 5.20. The Bertz CT molecular complexity index is 1110. The van der Waals surface area contributed by atoms with Gasteiger partial charge in [-0.15, -0.1) is 0 Å². The maximum atomic E-state index is 13.4. The molecule has 1 aliphatic heterocycles. The van der Waals surface area contributed by atoms with Crippen molar-refractivity contribution in [2.45, 2.75) is 25.8 Å². The second-order valence-electron chi connectivity index (χ2n) is 7.11. The first-order chi connectivity index (χ1) is 14.0. The van der Waals surface area contributed by atoms with E-state index in [1.165, 1.54) is 24.3 Å². The van der Waals surface area contributed by atoms with Gasteiger partial charge in [-0.05, 0) is 35.4 Å². The number of halogens is 2. The number of carbonyl (C=O) groups excluding carboxylic acids is 1. The monoisotopic (exact) mass is 395 g/mol. The van der Waals surface area contributed by atoms with E-state index in [1.807, 2.05) is 0 Å². The van der Waals surface area contributed by atoms with Gasteiger partial charge in [0.25, 0.3) is 5.56 Å². The molecule has 0 atom stereocenters. The summed E-state index contributed by atoms with van der Waals surface area (Å²) in [5.41, 5.74) is 2.32. The largest absolute Gasteiger partial charge is 0.337 e. The van der Waals surface area contributed by atoms with E-state index in [2.05, 4.69) is 9.97 Å². The van der Waals surface area contributed by atoms with Gasteiger partial charge in [0.2, 0.25) is 5.91 Å². The van der Waals surface area contributed by atoms with E-state index in [0.29, 0.717) is 36.5 Å². The molecule has 2 heterocycles. The molecule has 0 saturated heterocycles. The fraction of sp³-hybridized carbons (Fsp3) is 0.227. The van der Waals surface area contributed by atoms with Gasteiger partial charge in [0.15, 0.2) is 0 Å². The number of rotatable bonds is 4. The first-order valence-electron chi connectivity index (χ1n) is 9.35. The Hall–Kier alpha value is -3.35. The summed E-state index contributed by atoms with van der Waals surface area (Å²) in [5, 5.41) is 0. The van der Waals surface area contributed by atoms with Gasteiger partial charge in [-0.3, -0.25) is 9.59 Å². The van der Waals surface area contributed by atoms with Gasteiger partial charge >= 0.3 is 0 Å². The minimum Gasteiger partial charge on any atom is -0.337 e. The highest BCUT2D eigenvalue weighted by Crippen LogP contribution is 2.17. The lowest BCUT2D eigenvalue weighted by molar-refractivity contribution is -0.131. The average molecular weight is 395 g/mol. The van der Waals surface area contributed by atoms with Crippen LogP contribution in [-0.2, 0) is 30.6 Å². The summed E-state index contributed by atoms with van der Waals surface area (Å²) in [7, 11) is 0. The molecule has 0 bridgehead atoms. The molecule has 0 saturated carbocycles. The first kappa shape index (κ1) is 19.0. The molecule has 0 fully saturated rings. The van der Waals surface area contributed by atoms with Crippen molar-refractivity contribution in [3.63, 3.8) is 0 Å². The van der Waals surface area contributed by atoms with Crippen molar-refractivity contribution in [2.24, 2.45) is 0 Å². The lowest BCUT2D eigenvalue weighted by atomic mass is 10.0. The van der Waals surface area contributed by atoms with Crippen LogP contribution in [0.5, 0.6) is 0 Å². The number of amides is 1. The van der Waals surface area contributed by atoms with Gasteiger partial charge in [0.1, 0.15) is 17.5 Å². The average Bonchev–Trinajstić information content (AvgIpc) is 2.69. The van der Waals surface area contributed by atoms with E-state index >= 15 is 0 Å². The summed E-state index contributed by atoms with van der Waals surface area (Å²) in [6, 6.07) is 12.0. The number of carbonyl (C=O) groups is 1. The number of nitrogens with one attached hydrogen (secondary N) is 1. The van der Waals surface area contributed by atoms with Gasteiger partial charge in [-0.1, -0.05) is 24.3 Å². The van der Waals surface area contributed by atoms with E-state index in [1.54, 1.807) is 29.2 Å². The molecule has 1 aromatic heterocycles. The van der Waals surface area contributed by atoms with Crippen LogP contribution >= 0.6 is 0 Å². The summed E-state index contributed by atoms with van der Waals surface area (Å²) >= 11 is 0. The summed E-state index contributed by atoms with van der Waals surface area (Å²) in [6.07, 6.45) is 0.955. The van der Waals surface area contributed by atoms with Crippen LogP contribution in [0.3, 0.4) is 0 Å². The molecule has 2 aromatic carbocycles. The third-order valence-corrected chi connectivity index (χ3v) is 5.00. The molecule has 148 valence electrons. The Morgan fingerprint density at radius 1 is 1.07 bits per heavy atom. The Morgan fingerprint density at radius 3 is 2.62 bits per heavy atom. The zero-order valence-electron chi connectivity index (χ0n) is 15.6. The molecule has 29 heavy (non-hydrogen) atoms. The predicted octanol–water partition coefficient (Wildman–Crippen LogP) is 2.77. The number of fused-ring (bicyclic) bond motifs is 1. The first-order valence-corrected chi connectivity index (χ1v) is 9.35. The minimum absolute atomic E-state index is 0.120. The van der Waals surface area contributed by atoms with Gasteiger partial charge < -0.3 is 9.88 Å². The van der Waals surface area contributed by atoms with E-state index in [4.69, 9.17) is 0 Å². The fourth-order valence-electron chi connectivity index (χ4n) is 3.50. The van der Waals surface area contributed by atoms with Gasteiger partial charge in [-0.2, -0.15) is 0 Å². The summed E-state index contributed by atoms with van der Waals surface area (Å²) < 4.78 is 26.4. The fourth-order valence-corrected chi connectivity index (χ4v) is 3.50. The van der Waals surface area contributed by atoms with E-state index in [9.17, 15) is 18.4 Å². The number of aromatic amines is 1. The van der Waals surface area contributed by atoms with Crippen LogP contribution in [-0.4, -0.2) is 27.3 Å². The number of H-pyrrole nitrogens is 1. The number of hydrogen-bond donors (Lipinski definition) is 1.